The second-order valence-corrected chi connectivity index (χ2v) is 8.65. The van der Waals surface area contributed by atoms with Crippen LogP contribution in [0.4, 0.5) is 5.69 Å². The van der Waals surface area contributed by atoms with Gasteiger partial charge in [0, 0.05) is 15.5 Å². The molecule has 0 radical (unpaired) electrons. The van der Waals surface area contributed by atoms with Gasteiger partial charge in [-0.2, -0.15) is 0 Å². The SMILES string of the molecule is O=C(CN1C(=O)COc2ccccc21)NNC(=O)c1ccccc1SCc1cccs1. The minimum absolute atomic E-state index is 0.133. The lowest BCUT2D eigenvalue weighted by atomic mass is 10.2. The van der Waals surface area contributed by atoms with Crippen molar-refractivity contribution in [1.29, 1.82) is 0 Å². The van der Waals surface area contributed by atoms with E-state index in [0.717, 1.165) is 10.6 Å². The summed E-state index contributed by atoms with van der Waals surface area (Å²) in [5.74, 6) is 0.0388. The highest BCUT2D eigenvalue weighted by molar-refractivity contribution is 7.98. The van der Waals surface area contributed by atoms with E-state index >= 15 is 0 Å². The molecule has 9 heteroatoms. The van der Waals surface area contributed by atoms with Gasteiger partial charge in [-0.25, -0.2) is 0 Å². The molecule has 0 bridgehead atoms. The molecule has 3 amide bonds. The van der Waals surface area contributed by atoms with Gasteiger partial charge in [-0.1, -0.05) is 30.3 Å². The van der Waals surface area contributed by atoms with E-state index in [1.54, 1.807) is 59.5 Å². The Balaban J connectivity index is 1.36. The number of nitrogens with zero attached hydrogens (tertiary/aromatic N) is 1. The predicted molar refractivity (Wildman–Crippen MR) is 120 cm³/mol. The average Bonchev–Trinajstić information content (AvgIpc) is 3.32. The number of hydrogen-bond acceptors (Lipinski definition) is 6. The van der Waals surface area contributed by atoms with E-state index in [-0.39, 0.29) is 19.1 Å². The van der Waals surface area contributed by atoms with Crippen molar-refractivity contribution in [2.45, 2.75) is 10.6 Å². The Morgan fingerprint density at radius 2 is 1.84 bits per heavy atom. The quantitative estimate of drug-likeness (QED) is 0.442. The lowest BCUT2D eigenvalue weighted by molar-refractivity contribution is -0.125. The number of anilines is 1. The molecule has 0 aliphatic carbocycles. The van der Waals surface area contributed by atoms with E-state index in [1.165, 1.54) is 9.78 Å². The number of thioether (sulfide) groups is 1. The highest BCUT2D eigenvalue weighted by Gasteiger charge is 2.27. The van der Waals surface area contributed by atoms with E-state index in [0.29, 0.717) is 17.0 Å². The highest BCUT2D eigenvalue weighted by atomic mass is 32.2. The van der Waals surface area contributed by atoms with Crippen molar-refractivity contribution in [2.24, 2.45) is 0 Å². The van der Waals surface area contributed by atoms with Gasteiger partial charge in [-0.15, -0.1) is 23.1 Å². The zero-order chi connectivity index (χ0) is 21.6. The van der Waals surface area contributed by atoms with Crippen molar-refractivity contribution in [3.63, 3.8) is 0 Å². The number of hydrogen-bond donors (Lipinski definition) is 2. The first-order valence-corrected chi connectivity index (χ1v) is 11.3. The highest BCUT2D eigenvalue weighted by Crippen LogP contribution is 2.31. The summed E-state index contributed by atoms with van der Waals surface area (Å²) in [5, 5.41) is 2.02. The second kappa shape index (κ2) is 9.67. The molecule has 158 valence electrons. The molecular weight excluding hydrogens is 434 g/mol. The van der Waals surface area contributed by atoms with Crippen molar-refractivity contribution in [3.8, 4) is 5.75 Å². The molecule has 0 saturated heterocycles. The van der Waals surface area contributed by atoms with Crippen LogP contribution in [0.15, 0.2) is 70.9 Å². The summed E-state index contributed by atoms with van der Waals surface area (Å²) in [4.78, 5) is 40.6. The summed E-state index contributed by atoms with van der Waals surface area (Å²) >= 11 is 3.22. The van der Waals surface area contributed by atoms with E-state index in [4.69, 9.17) is 4.74 Å². The molecular formula is C22H19N3O4S2. The Kier molecular flexibility index (Phi) is 6.54. The van der Waals surface area contributed by atoms with E-state index in [1.807, 2.05) is 29.6 Å². The maximum absolute atomic E-state index is 12.6. The van der Waals surface area contributed by atoms with Crippen molar-refractivity contribution in [1.82, 2.24) is 10.9 Å². The molecule has 3 aromatic rings. The van der Waals surface area contributed by atoms with E-state index < -0.39 is 11.8 Å². The third-order valence-electron chi connectivity index (χ3n) is 4.51. The zero-order valence-electron chi connectivity index (χ0n) is 16.4. The molecule has 2 aromatic carbocycles. The molecule has 2 heterocycles. The first-order valence-electron chi connectivity index (χ1n) is 9.47. The summed E-state index contributed by atoms with van der Waals surface area (Å²) in [6.45, 7) is -0.361. The summed E-state index contributed by atoms with van der Waals surface area (Å²) < 4.78 is 5.37. The maximum Gasteiger partial charge on any atom is 0.270 e. The molecule has 4 rings (SSSR count). The minimum Gasteiger partial charge on any atom is -0.482 e. The molecule has 1 aromatic heterocycles. The number of carbonyl (C=O) groups is 3. The van der Waals surface area contributed by atoms with Gasteiger partial charge in [0.1, 0.15) is 12.3 Å². The molecule has 1 aliphatic heterocycles. The first kappa shape index (κ1) is 21.0. The fourth-order valence-corrected chi connectivity index (χ4v) is 4.85. The molecule has 1 aliphatic rings. The Labute approximate surface area is 187 Å². The van der Waals surface area contributed by atoms with Gasteiger partial charge in [0.25, 0.3) is 17.7 Å². The third kappa shape index (κ3) is 5.07. The van der Waals surface area contributed by atoms with Crippen LogP contribution >= 0.6 is 23.1 Å². The summed E-state index contributed by atoms with van der Waals surface area (Å²) in [6.07, 6.45) is 0. The molecule has 0 saturated carbocycles. The minimum atomic E-state index is -0.512. The Hall–Kier alpha value is -3.30. The number of carbonyl (C=O) groups excluding carboxylic acids is 3. The van der Waals surface area contributed by atoms with Crippen LogP contribution in [0.2, 0.25) is 0 Å². The number of para-hydroxylation sites is 2. The topological polar surface area (TPSA) is 87.7 Å². The van der Waals surface area contributed by atoms with Crippen LogP contribution in [0.5, 0.6) is 5.75 Å². The summed E-state index contributed by atoms with van der Waals surface area (Å²) in [6, 6.07) is 18.3. The number of fused-ring (bicyclic) bond motifs is 1. The predicted octanol–water partition coefficient (Wildman–Crippen LogP) is 3.23. The normalized spacial score (nSPS) is 12.6. The van der Waals surface area contributed by atoms with Gasteiger partial charge in [-0.05, 0) is 35.7 Å². The van der Waals surface area contributed by atoms with Crippen molar-refractivity contribution in [2.75, 3.05) is 18.1 Å². The lowest BCUT2D eigenvalue weighted by Crippen LogP contribution is -2.49. The molecule has 0 spiro atoms. The number of ether oxygens (including phenoxy) is 1. The Bertz CT molecular complexity index is 1100. The fourth-order valence-electron chi connectivity index (χ4n) is 3.03. The number of amides is 3. The zero-order valence-corrected chi connectivity index (χ0v) is 18.0. The Morgan fingerprint density at radius 3 is 2.68 bits per heavy atom. The van der Waals surface area contributed by atoms with Gasteiger partial charge in [0.2, 0.25) is 0 Å². The standard InChI is InChI=1S/C22H19N3O4S2/c26-20(12-25-17-8-2-3-9-18(17)29-13-21(25)27)23-24-22(28)16-7-1-4-10-19(16)31-14-15-6-5-11-30-15/h1-11H,12-14H2,(H,23,26)(H,24,28). The van der Waals surface area contributed by atoms with Gasteiger partial charge < -0.3 is 4.74 Å². The molecule has 31 heavy (non-hydrogen) atoms. The van der Waals surface area contributed by atoms with Crippen LogP contribution in [0, 0.1) is 0 Å². The summed E-state index contributed by atoms with van der Waals surface area (Å²) in [7, 11) is 0. The Morgan fingerprint density at radius 1 is 1.03 bits per heavy atom. The van der Waals surface area contributed by atoms with Crippen LogP contribution in [0.25, 0.3) is 0 Å². The van der Waals surface area contributed by atoms with Crippen LogP contribution in [0.3, 0.4) is 0 Å². The fraction of sp³-hybridized carbons (Fsp3) is 0.136. The largest absolute Gasteiger partial charge is 0.482 e. The van der Waals surface area contributed by atoms with Crippen LogP contribution in [-0.4, -0.2) is 30.9 Å². The van der Waals surface area contributed by atoms with Gasteiger partial charge >= 0.3 is 0 Å². The number of thiophene rings is 1. The van der Waals surface area contributed by atoms with Gasteiger partial charge in [0.15, 0.2) is 6.61 Å². The average molecular weight is 454 g/mol. The van der Waals surface area contributed by atoms with E-state index in [9.17, 15) is 14.4 Å². The van der Waals surface area contributed by atoms with Crippen LogP contribution < -0.4 is 20.5 Å². The lowest BCUT2D eigenvalue weighted by Gasteiger charge is -2.28. The summed E-state index contributed by atoms with van der Waals surface area (Å²) in [5.41, 5.74) is 5.83. The second-order valence-electron chi connectivity index (χ2n) is 6.60. The van der Waals surface area contributed by atoms with Gasteiger partial charge in [0.05, 0.1) is 11.3 Å². The van der Waals surface area contributed by atoms with Crippen LogP contribution in [0.1, 0.15) is 15.2 Å². The molecule has 0 unspecified atom stereocenters. The maximum atomic E-state index is 12.6. The number of rotatable bonds is 6. The molecule has 7 nitrogen and oxygen atoms in total. The molecule has 2 N–H and O–H groups in total. The van der Waals surface area contributed by atoms with Crippen molar-refractivity contribution in [3.05, 3.63) is 76.5 Å². The number of nitrogens with one attached hydrogen (secondary N) is 2. The smallest absolute Gasteiger partial charge is 0.270 e. The molecule has 0 fully saturated rings. The number of hydrazine groups is 1. The van der Waals surface area contributed by atoms with Gasteiger partial charge in [-0.3, -0.25) is 30.1 Å². The third-order valence-corrected chi connectivity index (χ3v) is 6.69. The van der Waals surface area contributed by atoms with E-state index in [2.05, 4.69) is 10.9 Å². The number of benzene rings is 2. The van der Waals surface area contributed by atoms with Crippen molar-refractivity contribution >= 4 is 46.5 Å². The van der Waals surface area contributed by atoms with Crippen LogP contribution in [-0.2, 0) is 15.3 Å². The van der Waals surface area contributed by atoms with Crippen molar-refractivity contribution < 1.29 is 19.1 Å². The first-order chi connectivity index (χ1) is 15.1. The monoisotopic (exact) mass is 453 g/mol. The molecule has 0 atom stereocenters.